The maximum atomic E-state index is 5.25. The Kier molecular flexibility index (Phi) is 3.79. The van der Waals surface area contributed by atoms with Gasteiger partial charge in [0.15, 0.2) is 0 Å². The lowest BCUT2D eigenvalue weighted by Crippen LogP contribution is -2.42. The van der Waals surface area contributed by atoms with E-state index in [1.165, 1.54) is 44.2 Å². The van der Waals surface area contributed by atoms with Crippen LogP contribution in [0.25, 0.3) is 0 Å². The van der Waals surface area contributed by atoms with Crippen molar-refractivity contribution < 1.29 is 4.74 Å². The van der Waals surface area contributed by atoms with Gasteiger partial charge in [0.05, 0.1) is 7.11 Å². The number of nitrogens with zero attached hydrogens (tertiary/aromatic N) is 1. The molecule has 2 heteroatoms. The molecule has 2 nitrogen and oxygen atoms in total. The Hall–Kier alpha value is -1.02. The first-order chi connectivity index (χ1) is 9.31. The van der Waals surface area contributed by atoms with E-state index in [1.807, 2.05) is 0 Å². The van der Waals surface area contributed by atoms with Crippen molar-refractivity contribution in [2.24, 2.45) is 0 Å². The molecule has 2 saturated heterocycles. The molecule has 2 atom stereocenters. The molecule has 0 saturated carbocycles. The van der Waals surface area contributed by atoms with Crippen LogP contribution in [0, 0.1) is 0 Å². The normalized spacial score (nSPS) is 30.5. The highest BCUT2D eigenvalue weighted by Crippen LogP contribution is 2.43. The van der Waals surface area contributed by atoms with Gasteiger partial charge in [0.25, 0.3) is 0 Å². The second-order valence-electron chi connectivity index (χ2n) is 6.06. The zero-order valence-corrected chi connectivity index (χ0v) is 12.1. The summed E-state index contributed by atoms with van der Waals surface area (Å²) in [5.41, 5.74) is 1.51. The smallest absolute Gasteiger partial charge is 0.118 e. The van der Waals surface area contributed by atoms with Crippen LogP contribution in [0.15, 0.2) is 24.3 Å². The molecule has 0 unspecified atom stereocenters. The summed E-state index contributed by atoms with van der Waals surface area (Å²) in [5, 5.41) is 0. The van der Waals surface area contributed by atoms with Gasteiger partial charge < -0.3 is 4.74 Å². The highest BCUT2D eigenvalue weighted by molar-refractivity contribution is 5.30. The van der Waals surface area contributed by atoms with Crippen molar-refractivity contribution in [1.29, 1.82) is 0 Å². The van der Waals surface area contributed by atoms with E-state index in [4.69, 9.17) is 4.74 Å². The van der Waals surface area contributed by atoms with Gasteiger partial charge in [-0.2, -0.15) is 0 Å². The van der Waals surface area contributed by atoms with Gasteiger partial charge in [-0.25, -0.2) is 0 Å². The van der Waals surface area contributed by atoms with Crippen LogP contribution in [0.4, 0.5) is 0 Å². The summed E-state index contributed by atoms with van der Waals surface area (Å²) < 4.78 is 5.25. The fourth-order valence-electron chi connectivity index (χ4n) is 4.05. The first-order valence-corrected chi connectivity index (χ1v) is 7.71. The molecule has 2 fully saturated rings. The second kappa shape index (κ2) is 5.54. The Morgan fingerprint density at radius 1 is 1.11 bits per heavy atom. The molecule has 19 heavy (non-hydrogen) atoms. The molecule has 0 aliphatic carbocycles. The van der Waals surface area contributed by atoms with Gasteiger partial charge in [0.1, 0.15) is 5.75 Å². The van der Waals surface area contributed by atoms with Crippen LogP contribution in [0.2, 0.25) is 0 Å². The molecule has 2 aliphatic rings. The number of ether oxygens (including phenoxy) is 1. The number of rotatable bonds is 4. The zero-order chi connectivity index (χ0) is 13.2. The quantitative estimate of drug-likeness (QED) is 0.815. The molecule has 0 spiro atoms. The summed E-state index contributed by atoms with van der Waals surface area (Å²) in [6, 6.07) is 10.4. The Bertz CT molecular complexity index is 400. The van der Waals surface area contributed by atoms with Crippen LogP contribution in [0.3, 0.4) is 0 Å². The van der Waals surface area contributed by atoms with Crippen LogP contribution < -0.4 is 4.74 Å². The summed E-state index contributed by atoms with van der Waals surface area (Å²) in [4.78, 5) is 2.78. The third-order valence-electron chi connectivity index (χ3n) is 4.95. The van der Waals surface area contributed by atoms with Crippen molar-refractivity contribution in [3.63, 3.8) is 0 Å². The monoisotopic (exact) mass is 259 g/mol. The maximum absolute atomic E-state index is 5.25. The zero-order valence-electron chi connectivity index (χ0n) is 12.1. The van der Waals surface area contributed by atoms with Crippen molar-refractivity contribution in [2.45, 2.75) is 57.0 Å². The molecule has 1 aromatic rings. The topological polar surface area (TPSA) is 12.5 Å². The Labute approximate surface area is 116 Å². The molecule has 2 aliphatic heterocycles. The van der Waals surface area contributed by atoms with Crippen molar-refractivity contribution in [2.75, 3.05) is 13.7 Å². The highest BCUT2D eigenvalue weighted by atomic mass is 16.5. The van der Waals surface area contributed by atoms with E-state index in [9.17, 15) is 0 Å². The SMILES string of the molecule is CCCN1[C@H]2CC[C@H]1CC(c1ccc(OC)cc1)C2. The van der Waals surface area contributed by atoms with Gasteiger partial charge in [-0.1, -0.05) is 19.1 Å². The summed E-state index contributed by atoms with van der Waals surface area (Å²) in [6.07, 6.45) is 6.82. The summed E-state index contributed by atoms with van der Waals surface area (Å²) in [6.45, 7) is 3.60. The van der Waals surface area contributed by atoms with Crippen LogP contribution in [0.1, 0.15) is 50.5 Å². The number of hydrogen-bond donors (Lipinski definition) is 0. The molecular weight excluding hydrogens is 234 g/mol. The number of fused-ring (bicyclic) bond motifs is 2. The standard InChI is InChI=1S/C17H25NO/c1-3-10-18-15-6-7-16(18)12-14(11-15)13-4-8-17(19-2)9-5-13/h4-5,8-9,14-16H,3,6-7,10-12H2,1-2H3/t15-,16-/m0/s1. The molecule has 104 valence electrons. The molecule has 1 aromatic carbocycles. The van der Waals surface area contributed by atoms with Gasteiger partial charge in [-0.15, -0.1) is 0 Å². The van der Waals surface area contributed by atoms with E-state index in [1.54, 1.807) is 7.11 Å². The predicted molar refractivity (Wildman–Crippen MR) is 78.8 cm³/mol. The van der Waals surface area contributed by atoms with Gasteiger partial charge in [-0.05, 0) is 62.3 Å². The number of hydrogen-bond acceptors (Lipinski definition) is 2. The van der Waals surface area contributed by atoms with Crippen molar-refractivity contribution in [3.8, 4) is 5.75 Å². The Morgan fingerprint density at radius 3 is 2.26 bits per heavy atom. The predicted octanol–water partition coefficient (Wildman–Crippen LogP) is 3.82. The first kappa shape index (κ1) is 13.0. The van der Waals surface area contributed by atoms with E-state index < -0.39 is 0 Å². The van der Waals surface area contributed by atoms with Crippen molar-refractivity contribution >= 4 is 0 Å². The second-order valence-corrected chi connectivity index (χ2v) is 6.06. The minimum Gasteiger partial charge on any atom is -0.497 e. The lowest BCUT2D eigenvalue weighted by molar-refractivity contribution is 0.127. The fraction of sp³-hybridized carbons (Fsp3) is 0.647. The van der Waals surface area contributed by atoms with Crippen LogP contribution in [0.5, 0.6) is 5.75 Å². The first-order valence-electron chi connectivity index (χ1n) is 7.71. The van der Waals surface area contributed by atoms with E-state index in [-0.39, 0.29) is 0 Å². The molecule has 2 bridgehead atoms. The Balaban J connectivity index is 1.71. The van der Waals surface area contributed by atoms with Crippen LogP contribution >= 0.6 is 0 Å². The average molecular weight is 259 g/mol. The lowest BCUT2D eigenvalue weighted by atomic mass is 9.85. The highest BCUT2D eigenvalue weighted by Gasteiger charge is 2.40. The average Bonchev–Trinajstić information content (AvgIpc) is 2.70. The van der Waals surface area contributed by atoms with Crippen molar-refractivity contribution in [3.05, 3.63) is 29.8 Å². The molecule has 2 heterocycles. The van der Waals surface area contributed by atoms with E-state index >= 15 is 0 Å². The maximum Gasteiger partial charge on any atom is 0.118 e. The van der Waals surface area contributed by atoms with Crippen molar-refractivity contribution in [1.82, 2.24) is 4.90 Å². The molecular formula is C17H25NO. The molecule has 0 radical (unpaired) electrons. The summed E-state index contributed by atoms with van der Waals surface area (Å²) in [7, 11) is 1.73. The van der Waals surface area contributed by atoms with Crippen LogP contribution in [-0.4, -0.2) is 30.6 Å². The van der Waals surface area contributed by atoms with E-state index in [0.717, 1.165) is 23.8 Å². The van der Waals surface area contributed by atoms with Gasteiger partial charge in [0, 0.05) is 12.1 Å². The fourth-order valence-corrected chi connectivity index (χ4v) is 4.05. The summed E-state index contributed by atoms with van der Waals surface area (Å²) in [5.74, 6) is 1.73. The molecule has 0 N–H and O–H groups in total. The minimum absolute atomic E-state index is 0.761. The molecule has 0 aromatic heterocycles. The molecule has 0 amide bonds. The van der Waals surface area contributed by atoms with Gasteiger partial charge >= 0.3 is 0 Å². The number of methoxy groups -OCH3 is 1. The lowest BCUT2D eigenvalue weighted by Gasteiger charge is -2.39. The van der Waals surface area contributed by atoms with E-state index in [0.29, 0.717) is 0 Å². The van der Waals surface area contributed by atoms with Crippen LogP contribution in [-0.2, 0) is 0 Å². The largest absolute Gasteiger partial charge is 0.497 e. The molecule has 3 rings (SSSR count). The van der Waals surface area contributed by atoms with Gasteiger partial charge in [-0.3, -0.25) is 4.90 Å². The van der Waals surface area contributed by atoms with E-state index in [2.05, 4.69) is 36.1 Å². The third kappa shape index (κ3) is 2.51. The van der Waals surface area contributed by atoms with Gasteiger partial charge in [0.2, 0.25) is 0 Å². The summed E-state index contributed by atoms with van der Waals surface area (Å²) >= 11 is 0. The number of benzene rings is 1. The minimum atomic E-state index is 0.761. The Morgan fingerprint density at radius 2 is 1.74 bits per heavy atom. The number of piperidine rings is 1. The third-order valence-corrected chi connectivity index (χ3v) is 4.95.